The Morgan fingerprint density at radius 1 is 0.879 bits per heavy atom. The highest BCUT2D eigenvalue weighted by atomic mass is 35.5. The number of halogens is 3. The van der Waals surface area contributed by atoms with Gasteiger partial charge in [-0.1, -0.05) is 34.8 Å². The van der Waals surface area contributed by atoms with Crippen LogP contribution in [-0.2, 0) is 4.79 Å². The number of rotatable bonds is 7. The van der Waals surface area contributed by atoms with Crippen LogP contribution in [0.3, 0.4) is 0 Å². The van der Waals surface area contributed by atoms with E-state index in [-0.39, 0.29) is 17.1 Å². The highest BCUT2D eigenvalue weighted by Gasteiger charge is 2.13. The van der Waals surface area contributed by atoms with Gasteiger partial charge >= 0.3 is 5.97 Å². The second-order valence-electron chi connectivity index (χ2n) is 6.57. The summed E-state index contributed by atoms with van der Waals surface area (Å²) in [5, 5.41) is 7.42. The molecule has 0 aliphatic heterocycles. The van der Waals surface area contributed by atoms with Crippen LogP contribution in [0, 0.1) is 0 Å². The van der Waals surface area contributed by atoms with Crippen LogP contribution in [0.4, 0.5) is 0 Å². The third-order valence-corrected chi connectivity index (χ3v) is 4.96. The van der Waals surface area contributed by atoms with E-state index >= 15 is 0 Å². The minimum Gasteiger partial charge on any atom is -0.423 e. The van der Waals surface area contributed by atoms with Gasteiger partial charge in [-0.15, -0.1) is 0 Å². The van der Waals surface area contributed by atoms with E-state index in [1.165, 1.54) is 18.3 Å². The Kier molecular flexibility index (Phi) is 8.43. The summed E-state index contributed by atoms with van der Waals surface area (Å²) in [5.74, 6) is -1.22. The van der Waals surface area contributed by atoms with E-state index in [2.05, 4.69) is 15.8 Å². The van der Waals surface area contributed by atoms with Gasteiger partial charge in [0.2, 0.25) is 0 Å². The highest BCUT2D eigenvalue weighted by Crippen LogP contribution is 2.23. The van der Waals surface area contributed by atoms with Crippen LogP contribution in [0.25, 0.3) is 0 Å². The highest BCUT2D eigenvalue weighted by molar-refractivity contribution is 6.36. The van der Waals surface area contributed by atoms with Crippen molar-refractivity contribution in [3.05, 3.63) is 98.5 Å². The van der Waals surface area contributed by atoms with Gasteiger partial charge in [0.05, 0.1) is 23.3 Å². The number of hydrazone groups is 1. The van der Waals surface area contributed by atoms with Crippen LogP contribution >= 0.6 is 34.8 Å². The number of esters is 1. The normalized spacial score (nSPS) is 10.6. The fourth-order valence-corrected chi connectivity index (χ4v) is 3.13. The molecule has 3 aromatic carbocycles. The second kappa shape index (κ2) is 11.5. The number of amides is 2. The summed E-state index contributed by atoms with van der Waals surface area (Å²) >= 11 is 17.6. The zero-order valence-corrected chi connectivity index (χ0v) is 19.1. The monoisotopic (exact) mass is 503 g/mol. The van der Waals surface area contributed by atoms with Crippen molar-refractivity contribution in [2.24, 2.45) is 5.10 Å². The molecule has 2 N–H and O–H groups in total. The first kappa shape index (κ1) is 24.3. The molecule has 3 rings (SSSR count). The van der Waals surface area contributed by atoms with Gasteiger partial charge in [-0.2, -0.15) is 5.10 Å². The predicted octanol–water partition coefficient (Wildman–Crippen LogP) is 4.75. The van der Waals surface area contributed by atoms with Crippen molar-refractivity contribution in [3.63, 3.8) is 0 Å². The molecule has 0 atom stereocenters. The van der Waals surface area contributed by atoms with E-state index in [0.29, 0.717) is 26.9 Å². The van der Waals surface area contributed by atoms with Crippen molar-refractivity contribution in [3.8, 4) is 5.75 Å². The summed E-state index contributed by atoms with van der Waals surface area (Å²) in [6.07, 6.45) is 1.40. The van der Waals surface area contributed by atoms with Crippen molar-refractivity contribution < 1.29 is 19.1 Å². The molecule has 0 spiro atoms. The van der Waals surface area contributed by atoms with Crippen LogP contribution in [0.5, 0.6) is 5.75 Å². The number of hydrogen-bond donors (Lipinski definition) is 2. The first-order valence-corrected chi connectivity index (χ1v) is 10.6. The summed E-state index contributed by atoms with van der Waals surface area (Å²) in [4.78, 5) is 36.0. The average Bonchev–Trinajstić information content (AvgIpc) is 2.79. The minimum absolute atomic E-state index is 0.191. The summed E-state index contributed by atoms with van der Waals surface area (Å²) in [7, 11) is 0. The average molecular weight is 505 g/mol. The van der Waals surface area contributed by atoms with Crippen molar-refractivity contribution in [1.29, 1.82) is 0 Å². The Balaban J connectivity index is 1.46. The smallest absolute Gasteiger partial charge is 0.345 e. The number of carbonyl (C=O) groups excluding carboxylic acids is 3. The van der Waals surface area contributed by atoms with Crippen molar-refractivity contribution >= 4 is 58.8 Å². The lowest BCUT2D eigenvalue weighted by molar-refractivity contribution is -0.120. The van der Waals surface area contributed by atoms with E-state index in [4.69, 9.17) is 39.5 Å². The number of nitrogens with one attached hydrogen (secondary N) is 2. The second-order valence-corrected chi connectivity index (χ2v) is 7.85. The molecular formula is C23H16Cl3N3O4. The van der Waals surface area contributed by atoms with Gasteiger partial charge in [0.25, 0.3) is 11.8 Å². The third kappa shape index (κ3) is 7.32. The zero-order chi connectivity index (χ0) is 23.8. The molecular weight excluding hydrogens is 489 g/mol. The van der Waals surface area contributed by atoms with Gasteiger partial charge in [0.15, 0.2) is 0 Å². The first-order valence-electron chi connectivity index (χ1n) is 9.45. The summed E-state index contributed by atoms with van der Waals surface area (Å²) in [6.45, 7) is -0.249. The third-order valence-electron chi connectivity index (χ3n) is 4.16. The van der Waals surface area contributed by atoms with Crippen molar-refractivity contribution in [2.45, 2.75) is 0 Å². The SMILES string of the molecule is O=C(CNC(=O)c1ccc(Cl)cc1)N/N=C\c1ccc(OC(=O)c2ccc(Cl)cc2Cl)cc1. The molecule has 10 heteroatoms. The van der Waals surface area contributed by atoms with Gasteiger partial charge in [-0.3, -0.25) is 9.59 Å². The van der Waals surface area contributed by atoms with E-state index in [0.717, 1.165) is 0 Å². The lowest BCUT2D eigenvalue weighted by atomic mass is 10.2. The molecule has 0 saturated heterocycles. The molecule has 3 aromatic rings. The standard InChI is InChI=1S/C23H16Cl3N3O4/c24-16-5-3-15(4-6-16)22(31)27-13-21(30)29-28-12-14-1-8-18(9-2-14)33-23(32)19-10-7-17(25)11-20(19)26/h1-12H,13H2,(H,27,31)(H,29,30)/b28-12-. The topological polar surface area (TPSA) is 96.9 Å². The van der Waals surface area contributed by atoms with Gasteiger partial charge in [-0.05, 0) is 72.3 Å². The van der Waals surface area contributed by atoms with E-state index in [9.17, 15) is 14.4 Å². The molecule has 33 heavy (non-hydrogen) atoms. The van der Waals surface area contributed by atoms with Gasteiger partial charge in [0, 0.05) is 15.6 Å². The molecule has 7 nitrogen and oxygen atoms in total. The van der Waals surface area contributed by atoms with E-state index in [1.807, 2.05) is 0 Å². The molecule has 168 valence electrons. The maximum Gasteiger partial charge on any atom is 0.345 e. The fraction of sp³-hybridized carbons (Fsp3) is 0.0435. The van der Waals surface area contributed by atoms with Crippen LogP contribution in [0.1, 0.15) is 26.3 Å². The maximum absolute atomic E-state index is 12.2. The Labute approximate surface area is 204 Å². The molecule has 2 amide bonds. The number of hydrogen-bond acceptors (Lipinski definition) is 5. The van der Waals surface area contributed by atoms with Gasteiger partial charge in [-0.25, -0.2) is 10.2 Å². The molecule has 0 unspecified atom stereocenters. The molecule has 0 fully saturated rings. The van der Waals surface area contributed by atoms with Crippen LogP contribution in [-0.4, -0.2) is 30.5 Å². The van der Waals surface area contributed by atoms with E-state index < -0.39 is 17.8 Å². The summed E-state index contributed by atoms with van der Waals surface area (Å²) in [6, 6.07) is 17.2. The van der Waals surface area contributed by atoms with Crippen LogP contribution in [0.2, 0.25) is 15.1 Å². The predicted molar refractivity (Wildman–Crippen MR) is 127 cm³/mol. The fourth-order valence-electron chi connectivity index (χ4n) is 2.52. The Morgan fingerprint density at radius 3 is 2.21 bits per heavy atom. The van der Waals surface area contributed by atoms with Crippen LogP contribution < -0.4 is 15.5 Å². The first-order chi connectivity index (χ1) is 15.8. The van der Waals surface area contributed by atoms with Gasteiger partial charge < -0.3 is 10.1 Å². The molecule has 0 aromatic heterocycles. The molecule has 0 aliphatic carbocycles. The Hall–Kier alpha value is -3.39. The number of carbonyl (C=O) groups is 3. The molecule has 0 heterocycles. The molecule has 0 bridgehead atoms. The Bertz CT molecular complexity index is 1200. The quantitative estimate of drug-likeness (QED) is 0.210. The number of nitrogens with zero attached hydrogens (tertiary/aromatic N) is 1. The van der Waals surface area contributed by atoms with E-state index in [1.54, 1.807) is 54.6 Å². The molecule has 0 saturated carbocycles. The number of ether oxygens (including phenoxy) is 1. The van der Waals surface area contributed by atoms with Crippen molar-refractivity contribution in [2.75, 3.05) is 6.54 Å². The molecule has 0 radical (unpaired) electrons. The maximum atomic E-state index is 12.2. The van der Waals surface area contributed by atoms with Gasteiger partial charge in [0.1, 0.15) is 5.75 Å². The van der Waals surface area contributed by atoms with Crippen LogP contribution in [0.15, 0.2) is 71.8 Å². The lowest BCUT2D eigenvalue weighted by Gasteiger charge is -2.06. The zero-order valence-electron chi connectivity index (χ0n) is 16.8. The Morgan fingerprint density at radius 2 is 1.55 bits per heavy atom. The number of benzene rings is 3. The van der Waals surface area contributed by atoms with Crippen molar-refractivity contribution in [1.82, 2.24) is 10.7 Å². The summed E-state index contributed by atoms with van der Waals surface area (Å²) < 4.78 is 5.29. The summed E-state index contributed by atoms with van der Waals surface area (Å²) in [5.41, 5.74) is 3.53. The lowest BCUT2D eigenvalue weighted by Crippen LogP contribution is -2.34. The minimum atomic E-state index is -0.619. The molecule has 0 aliphatic rings. The largest absolute Gasteiger partial charge is 0.423 e.